The van der Waals surface area contributed by atoms with Crippen LogP contribution in [0.15, 0.2) is 38.9 Å². The van der Waals surface area contributed by atoms with Gasteiger partial charge in [-0.3, -0.25) is 9.69 Å². The van der Waals surface area contributed by atoms with Gasteiger partial charge >= 0.3 is 5.97 Å². The number of carbonyl (C=O) groups excluding carboxylic acids is 2. The maximum absolute atomic E-state index is 13.0. The highest BCUT2D eigenvalue weighted by molar-refractivity contribution is 9.10. The molecule has 1 fully saturated rings. The first-order valence-corrected chi connectivity index (χ1v) is 9.81. The van der Waals surface area contributed by atoms with Gasteiger partial charge in [0.15, 0.2) is 5.17 Å². The lowest BCUT2D eigenvalue weighted by Crippen LogP contribution is -2.40. The molecule has 0 bridgehead atoms. The summed E-state index contributed by atoms with van der Waals surface area (Å²) in [5.41, 5.74) is 1.60. The fourth-order valence-corrected chi connectivity index (χ4v) is 4.69. The molecule has 1 saturated heterocycles. The van der Waals surface area contributed by atoms with Gasteiger partial charge in [0.25, 0.3) is 0 Å². The quantitative estimate of drug-likeness (QED) is 0.670. The lowest BCUT2D eigenvalue weighted by atomic mass is 9.93. The molecule has 2 atom stereocenters. The van der Waals surface area contributed by atoms with Crippen molar-refractivity contribution in [2.45, 2.75) is 31.6 Å². The summed E-state index contributed by atoms with van der Waals surface area (Å²) in [6.45, 7) is 3.73. The first kappa shape index (κ1) is 19.0. The van der Waals surface area contributed by atoms with Crippen molar-refractivity contribution in [3.05, 3.63) is 39.5 Å². The number of aliphatic imine (C=N–C) groups is 1. The number of rotatable bonds is 4. The molecule has 2 aliphatic rings. The second-order valence-electron chi connectivity index (χ2n) is 5.90. The number of esters is 1. The number of methoxy groups -OCH3 is 2. The summed E-state index contributed by atoms with van der Waals surface area (Å²) in [5, 5.41) is 0.401. The number of fused-ring (bicyclic) bond motifs is 1. The Morgan fingerprint density at radius 1 is 1.38 bits per heavy atom. The zero-order valence-electron chi connectivity index (χ0n) is 14.9. The molecule has 0 spiro atoms. The molecule has 1 aromatic carbocycles. The van der Waals surface area contributed by atoms with Crippen LogP contribution in [-0.2, 0) is 14.3 Å². The van der Waals surface area contributed by atoms with E-state index in [0.29, 0.717) is 34.2 Å². The number of nitrogens with zero attached hydrogens (tertiary/aromatic N) is 2. The third-order valence-corrected chi connectivity index (χ3v) is 6.23. The summed E-state index contributed by atoms with van der Waals surface area (Å²) >= 11 is 4.90. The van der Waals surface area contributed by atoms with Gasteiger partial charge in [0.2, 0.25) is 5.91 Å². The Labute approximate surface area is 164 Å². The van der Waals surface area contributed by atoms with Gasteiger partial charge in [-0.1, -0.05) is 34.6 Å². The predicted molar refractivity (Wildman–Crippen MR) is 104 cm³/mol. The van der Waals surface area contributed by atoms with E-state index < -0.39 is 12.0 Å². The lowest BCUT2D eigenvalue weighted by Gasteiger charge is -2.33. The van der Waals surface area contributed by atoms with Crippen LogP contribution in [0.1, 0.15) is 31.9 Å². The highest BCUT2D eigenvalue weighted by atomic mass is 79.9. The summed E-state index contributed by atoms with van der Waals surface area (Å²) in [4.78, 5) is 31.7. The van der Waals surface area contributed by atoms with Crippen molar-refractivity contribution in [2.24, 2.45) is 4.99 Å². The van der Waals surface area contributed by atoms with E-state index in [2.05, 4.69) is 20.9 Å². The molecular formula is C18H19BrN2O4S. The number of amides is 1. The molecule has 0 saturated carbocycles. The maximum atomic E-state index is 13.0. The number of benzene rings is 1. The minimum absolute atomic E-state index is 0.0582. The number of ether oxygens (including phenoxy) is 2. The summed E-state index contributed by atoms with van der Waals surface area (Å²) in [6.07, 6.45) is 0.688. The minimum Gasteiger partial charge on any atom is -0.496 e. The van der Waals surface area contributed by atoms with Crippen LogP contribution in [0.4, 0.5) is 0 Å². The van der Waals surface area contributed by atoms with E-state index in [9.17, 15) is 9.59 Å². The Hall–Kier alpha value is -1.80. The Balaban J connectivity index is 2.24. The van der Waals surface area contributed by atoms with Gasteiger partial charge < -0.3 is 9.47 Å². The fourth-order valence-electron chi connectivity index (χ4n) is 3.17. The van der Waals surface area contributed by atoms with E-state index >= 15 is 0 Å². The average molecular weight is 439 g/mol. The molecule has 2 heterocycles. The van der Waals surface area contributed by atoms with Crippen LogP contribution >= 0.6 is 27.7 Å². The van der Waals surface area contributed by atoms with Gasteiger partial charge in [-0.05, 0) is 31.5 Å². The van der Waals surface area contributed by atoms with Crippen molar-refractivity contribution >= 4 is 44.7 Å². The van der Waals surface area contributed by atoms with Crippen molar-refractivity contribution in [3.63, 3.8) is 0 Å². The Morgan fingerprint density at radius 2 is 2.12 bits per heavy atom. The van der Waals surface area contributed by atoms with Gasteiger partial charge in [0, 0.05) is 10.0 Å². The van der Waals surface area contributed by atoms with Crippen LogP contribution in [0, 0.1) is 0 Å². The third kappa shape index (κ3) is 3.05. The van der Waals surface area contributed by atoms with Crippen LogP contribution in [-0.4, -0.2) is 41.4 Å². The number of amidine groups is 1. The largest absolute Gasteiger partial charge is 0.496 e. The first-order valence-electron chi connectivity index (χ1n) is 8.13. The van der Waals surface area contributed by atoms with E-state index in [4.69, 9.17) is 9.47 Å². The molecule has 1 aromatic rings. The van der Waals surface area contributed by atoms with Crippen molar-refractivity contribution in [1.82, 2.24) is 4.90 Å². The van der Waals surface area contributed by atoms with E-state index in [1.807, 2.05) is 19.1 Å². The zero-order chi connectivity index (χ0) is 19.0. The van der Waals surface area contributed by atoms with E-state index in [1.54, 1.807) is 25.0 Å². The molecule has 26 heavy (non-hydrogen) atoms. The summed E-state index contributed by atoms with van der Waals surface area (Å²) in [5.74, 6) is 0.0265. The monoisotopic (exact) mass is 438 g/mol. The normalized spacial score (nSPS) is 22.3. The topological polar surface area (TPSA) is 68.2 Å². The molecule has 138 valence electrons. The van der Waals surface area contributed by atoms with E-state index in [0.717, 1.165) is 4.47 Å². The Kier molecular flexibility index (Phi) is 5.43. The number of halogens is 1. The molecule has 8 heteroatoms. The predicted octanol–water partition coefficient (Wildman–Crippen LogP) is 3.67. The number of hydrogen-bond donors (Lipinski definition) is 0. The van der Waals surface area contributed by atoms with Crippen LogP contribution in [0.25, 0.3) is 0 Å². The molecule has 0 N–H and O–H groups in total. The minimum atomic E-state index is -0.640. The van der Waals surface area contributed by atoms with Gasteiger partial charge in [-0.15, -0.1) is 0 Å². The number of carbonyl (C=O) groups is 2. The molecule has 3 rings (SSSR count). The van der Waals surface area contributed by atoms with Crippen LogP contribution in [0.2, 0.25) is 0 Å². The SMILES string of the molecule is CC[C@H]1SC2=NC(C)=C(C(=O)OC)[C@@H](c3cc(Br)ccc3OC)N2C1=O. The molecule has 2 aliphatic heterocycles. The van der Waals surface area contributed by atoms with Gasteiger partial charge in [0.1, 0.15) is 11.8 Å². The van der Waals surface area contributed by atoms with Crippen molar-refractivity contribution in [1.29, 1.82) is 0 Å². The molecule has 1 amide bonds. The number of allylic oxidation sites excluding steroid dienone is 1. The van der Waals surface area contributed by atoms with Crippen molar-refractivity contribution < 1.29 is 19.1 Å². The highest BCUT2D eigenvalue weighted by Crippen LogP contribution is 2.46. The van der Waals surface area contributed by atoms with Gasteiger partial charge in [-0.25, -0.2) is 9.79 Å². The first-order chi connectivity index (χ1) is 12.4. The van der Waals surface area contributed by atoms with Crippen LogP contribution < -0.4 is 4.74 Å². The molecule has 0 aromatic heterocycles. The molecule has 6 nitrogen and oxygen atoms in total. The number of hydrogen-bond acceptors (Lipinski definition) is 6. The second-order valence-corrected chi connectivity index (χ2v) is 7.98. The highest BCUT2D eigenvalue weighted by Gasteiger charge is 2.47. The van der Waals surface area contributed by atoms with Crippen molar-refractivity contribution in [2.75, 3.05) is 14.2 Å². The summed E-state index contributed by atoms with van der Waals surface area (Å²) < 4.78 is 11.3. The second kappa shape index (κ2) is 7.44. The van der Waals surface area contributed by atoms with Crippen LogP contribution in [0.5, 0.6) is 5.75 Å². The molecule has 0 radical (unpaired) electrons. The Bertz CT molecular complexity index is 836. The molecular weight excluding hydrogens is 420 g/mol. The Morgan fingerprint density at radius 3 is 2.73 bits per heavy atom. The van der Waals surface area contributed by atoms with Gasteiger partial charge in [0.05, 0.1) is 30.7 Å². The molecule has 0 aliphatic carbocycles. The van der Waals surface area contributed by atoms with Crippen molar-refractivity contribution in [3.8, 4) is 5.75 Å². The maximum Gasteiger partial charge on any atom is 0.338 e. The lowest BCUT2D eigenvalue weighted by molar-refractivity contribution is -0.137. The smallest absolute Gasteiger partial charge is 0.338 e. The van der Waals surface area contributed by atoms with E-state index in [1.165, 1.54) is 18.9 Å². The summed E-state index contributed by atoms with van der Waals surface area (Å²) in [7, 11) is 2.89. The fraction of sp³-hybridized carbons (Fsp3) is 0.389. The molecule has 0 unspecified atom stereocenters. The number of thioether (sulfide) groups is 1. The average Bonchev–Trinajstić information content (AvgIpc) is 2.95. The van der Waals surface area contributed by atoms with Crippen LogP contribution in [0.3, 0.4) is 0 Å². The van der Waals surface area contributed by atoms with E-state index in [-0.39, 0.29) is 11.2 Å². The standard InChI is InChI=1S/C18H19BrN2O4S/c1-5-13-16(22)21-15(11-8-10(19)6-7-12(11)24-3)14(17(23)25-4)9(2)20-18(21)26-13/h6-8,13,15H,5H2,1-4H3/t13-,15-/m1/s1. The summed E-state index contributed by atoms with van der Waals surface area (Å²) in [6, 6.07) is 4.88. The zero-order valence-corrected chi connectivity index (χ0v) is 17.3. The third-order valence-electron chi connectivity index (χ3n) is 4.41. The van der Waals surface area contributed by atoms with Gasteiger partial charge in [-0.2, -0.15) is 0 Å².